The van der Waals surface area contributed by atoms with E-state index >= 15 is 0 Å². The Bertz CT molecular complexity index is 652. The topological polar surface area (TPSA) is 55.8 Å². The Morgan fingerprint density at radius 1 is 1.15 bits per heavy atom. The fourth-order valence-corrected chi connectivity index (χ4v) is 1.97. The monoisotopic (exact) mass is 292 g/mol. The zero-order valence-electron chi connectivity index (χ0n) is 11.0. The van der Waals surface area contributed by atoms with Crippen molar-refractivity contribution in [3.05, 3.63) is 52.5 Å². The van der Waals surface area contributed by atoms with E-state index in [9.17, 15) is 4.79 Å². The van der Waals surface area contributed by atoms with E-state index in [4.69, 9.17) is 26.2 Å². The number of aromatic carboxylic acids is 1. The number of halogens is 1. The lowest BCUT2D eigenvalue weighted by atomic mass is 10.2. The Morgan fingerprint density at radius 2 is 1.90 bits per heavy atom. The van der Waals surface area contributed by atoms with E-state index in [0.717, 1.165) is 5.56 Å². The molecule has 0 aliphatic heterocycles. The average molecular weight is 293 g/mol. The maximum Gasteiger partial charge on any atom is 0.337 e. The number of rotatable bonds is 4. The van der Waals surface area contributed by atoms with Crippen molar-refractivity contribution in [2.75, 3.05) is 7.11 Å². The van der Waals surface area contributed by atoms with Gasteiger partial charge in [0.1, 0.15) is 5.75 Å². The summed E-state index contributed by atoms with van der Waals surface area (Å²) in [5.41, 5.74) is 1.09. The smallest absolute Gasteiger partial charge is 0.337 e. The summed E-state index contributed by atoms with van der Waals surface area (Å²) in [6.45, 7) is 1.95. The quantitative estimate of drug-likeness (QED) is 0.920. The first-order valence-electron chi connectivity index (χ1n) is 5.86. The fraction of sp³-hybridized carbons (Fsp3) is 0.133. The van der Waals surface area contributed by atoms with Gasteiger partial charge in [0, 0.05) is 6.07 Å². The van der Waals surface area contributed by atoms with Crippen molar-refractivity contribution in [2.45, 2.75) is 6.92 Å². The first-order valence-corrected chi connectivity index (χ1v) is 6.24. The molecule has 0 saturated carbocycles. The molecule has 2 rings (SSSR count). The van der Waals surface area contributed by atoms with E-state index in [-0.39, 0.29) is 10.6 Å². The average Bonchev–Trinajstić information content (AvgIpc) is 2.40. The molecule has 0 saturated heterocycles. The fourth-order valence-electron chi connectivity index (χ4n) is 1.72. The lowest BCUT2D eigenvalue weighted by Crippen LogP contribution is -1.97. The van der Waals surface area contributed by atoms with E-state index in [1.807, 2.05) is 19.1 Å². The normalized spacial score (nSPS) is 10.2. The highest BCUT2D eigenvalue weighted by Gasteiger charge is 2.11. The second-order valence-electron chi connectivity index (χ2n) is 4.20. The molecule has 2 aromatic rings. The molecule has 0 radical (unpaired) electrons. The molecule has 104 valence electrons. The Balaban J connectivity index is 2.31. The highest BCUT2D eigenvalue weighted by Crippen LogP contribution is 2.33. The lowest BCUT2D eigenvalue weighted by molar-refractivity contribution is 0.0697. The second-order valence-corrected chi connectivity index (χ2v) is 4.61. The summed E-state index contributed by atoms with van der Waals surface area (Å²) in [6.07, 6.45) is 0. The molecular weight excluding hydrogens is 280 g/mol. The van der Waals surface area contributed by atoms with Gasteiger partial charge in [-0.1, -0.05) is 17.7 Å². The number of hydrogen-bond donors (Lipinski definition) is 1. The molecule has 1 N–H and O–H groups in total. The number of aryl methyl sites for hydroxylation is 1. The van der Waals surface area contributed by atoms with Crippen LogP contribution in [0.2, 0.25) is 5.02 Å². The molecule has 4 nitrogen and oxygen atoms in total. The van der Waals surface area contributed by atoms with Crippen LogP contribution in [0.1, 0.15) is 15.9 Å². The first-order chi connectivity index (χ1) is 9.51. The van der Waals surface area contributed by atoms with Gasteiger partial charge in [-0.15, -0.1) is 0 Å². The van der Waals surface area contributed by atoms with E-state index < -0.39 is 5.97 Å². The van der Waals surface area contributed by atoms with Gasteiger partial charge in [0.05, 0.1) is 17.7 Å². The zero-order chi connectivity index (χ0) is 14.7. The molecular formula is C15H13ClO4. The maximum absolute atomic E-state index is 10.9. The third-order valence-electron chi connectivity index (χ3n) is 2.72. The number of methoxy groups -OCH3 is 1. The van der Waals surface area contributed by atoms with Crippen LogP contribution in [-0.4, -0.2) is 18.2 Å². The van der Waals surface area contributed by atoms with Gasteiger partial charge in [0.15, 0.2) is 11.5 Å². The summed E-state index contributed by atoms with van der Waals surface area (Å²) in [5, 5.41) is 9.04. The van der Waals surface area contributed by atoms with E-state index in [2.05, 4.69) is 0 Å². The molecule has 0 amide bonds. The summed E-state index contributed by atoms with van der Waals surface area (Å²) in [5.74, 6) is 0.511. The van der Waals surface area contributed by atoms with Crippen LogP contribution in [0, 0.1) is 6.92 Å². The molecule has 0 heterocycles. The van der Waals surface area contributed by atoms with Gasteiger partial charge in [0.2, 0.25) is 0 Å². The zero-order valence-corrected chi connectivity index (χ0v) is 11.8. The van der Waals surface area contributed by atoms with Crippen LogP contribution in [0.25, 0.3) is 0 Å². The third-order valence-corrected chi connectivity index (χ3v) is 3.03. The minimum absolute atomic E-state index is 0.0369. The van der Waals surface area contributed by atoms with Crippen LogP contribution in [0.15, 0.2) is 36.4 Å². The Kier molecular flexibility index (Phi) is 4.15. The van der Waals surface area contributed by atoms with Gasteiger partial charge in [0.25, 0.3) is 0 Å². The molecule has 2 aromatic carbocycles. The molecule has 0 aromatic heterocycles. The van der Waals surface area contributed by atoms with Crippen molar-refractivity contribution in [1.82, 2.24) is 0 Å². The van der Waals surface area contributed by atoms with Gasteiger partial charge < -0.3 is 14.6 Å². The van der Waals surface area contributed by atoms with Crippen LogP contribution >= 0.6 is 11.6 Å². The molecule has 20 heavy (non-hydrogen) atoms. The van der Waals surface area contributed by atoms with Crippen molar-refractivity contribution in [3.8, 4) is 17.2 Å². The minimum atomic E-state index is -1.07. The van der Waals surface area contributed by atoms with Gasteiger partial charge in [-0.05, 0) is 36.8 Å². The van der Waals surface area contributed by atoms with E-state index in [1.54, 1.807) is 19.2 Å². The molecule has 0 fully saturated rings. The number of ether oxygens (including phenoxy) is 2. The minimum Gasteiger partial charge on any atom is -0.493 e. The summed E-state index contributed by atoms with van der Waals surface area (Å²) in [7, 11) is 1.56. The van der Waals surface area contributed by atoms with Crippen molar-refractivity contribution in [1.29, 1.82) is 0 Å². The predicted molar refractivity (Wildman–Crippen MR) is 76.2 cm³/mol. The summed E-state index contributed by atoms with van der Waals surface area (Å²) >= 11 is 5.90. The van der Waals surface area contributed by atoms with Crippen molar-refractivity contribution < 1.29 is 19.4 Å². The molecule has 0 spiro atoms. The number of carboxylic acids is 1. The predicted octanol–water partition coefficient (Wildman–Crippen LogP) is 4.15. The maximum atomic E-state index is 10.9. The van der Waals surface area contributed by atoms with E-state index in [0.29, 0.717) is 17.2 Å². The van der Waals surface area contributed by atoms with Crippen molar-refractivity contribution in [3.63, 3.8) is 0 Å². The summed E-state index contributed by atoms with van der Waals surface area (Å²) in [6, 6.07) is 9.94. The van der Waals surface area contributed by atoms with E-state index in [1.165, 1.54) is 12.1 Å². The highest BCUT2D eigenvalue weighted by atomic mass is 35.5. The van der Waals surface area contributed by atoms with Gasteiger partial charge >= 0.3 is 5.97 Å². The van der Waals surface area contributed by atoms with Gasteiger partial charge in [-0.2, -0.15) is 0 Å². The van der Waals surface area contributed by atoms with Gasteiger partial charge in [-0.25, -0.2) is 4.79 Å². The number of carbonyl (C=O) groups is 1. The van der Waals surface area contributed by atoms with Crippen LogP contribution < -0.4 is 9.47 Å². The Labute approximate surface area is 121 Å². The number of benzene rings is 2. The lowest BCUT2D eigenvalue weighted by Gasteiger charge is -2.11. The number of hydrogen-bond acceptors (Lipinski definition) is 3. The first kappa shape index (κ1) is 14.2. The molecule has 5 heteroatoms. The molecule has 0 unspecified atom stereocenters. The molecule has 0 aliphatic carbocycles. The Morgan fingerprint density at radius 3 is 2.50 bits per heavy atom. The van der Waals surface area contributed by atoms with Crippen molar-refractivity contribution in [2.24, 2.45) is 0 Å². The SMILES string of the molecule is COc1cc(C)ccc1Oc1ccc(C(=O)O)c(Cl)c1. The van der Waals surface area contributed by atoms with Crippen LogP contribution in [0.4, 0.5) is 0 Å². The van der Waals surface area contributed by atoms with Gasteiger partial charge in [-0.3, -0.25) is 0 Å². The largest absolute Gasteiger partial charge is 0.493 e. The second kappa shape index (κ2) is 5.84. The highest BCUT2D eigenvalue weighted by molar-refractivity contribution is 6.33. The number of carboxylic acid groups (broad SMARTS) is 1. The molecule has 0 atom stereocenters. The molecule has 0 aliphatic rings. The third kappa shape index (κ3) is 3.03. The van der Waals surface area contributed by atoms with Crippen LogP contribution in [0.3, 0.4) is 0 Å². The summed E-state index contributed by atoms with van der Waals surface area (Å²) < 4.78 is 10.9. The van der Waals surface area contributed by atoms with Crippen molar-refractivity contribution >= 4 is 17.6 Å². The Hall–Kier alpha value is -2.20. The summed E-state index contributed by atoms with van der Waals surface area (Å²) in [4.78, 5) is 10.9. The van der Waals surface area contributed by atoms with Crippen LogP contribution in [-0.2, 0) is 0 Å². The van der Waals surface area contributed by atoms with Crippen LogP contribution in [0.5, 0.6) is 17.2 Å². The standard InChI is InChI=1S/C15H13ClO4/c1-9-3-6-13(14(7-9)19-2)20-10-4-5-11(15(17)18)12(16)8-10/h3-8H,1-2H3,(H,17,18). The molecule has 0 bridgehead atoms.